The van der Waals surface area contributed by atoms with Crippen molar-refractivity contribution in [2.45, 2.75) is 0 Å². The van der Waals surface area contributed by atoms with Gasteiger partial charge in [0.15, 0.2) is 0 Å². The minimum absolute atomic E-state index is 0.148. The number of ketones is 1. The summed E-state index contributed by atoms with van der Waals surface area (Å²) in [4.78, 5) is 21.6. The van der Waals surface area contributed by atoms with Crippen LogP contribution >= 0.6 is 0 Å². The molecule has 0 aliphatic rings. The lowest BCUT2D eigenvalue weighted by molar-refractivity contribution is 0.104. The summed E-state index contributed by atoms with van der Waals surface area (Å²) >= 11 is 0. The fraction of sp³-hybridized carbons (Fsp3) is 0.133. The van der Waals surface area contributed by atoms with Crippen LogP contribution in [0.1, 0.15) is 16.1 Å². The Labute approximate surface area is 112 Å². The number of carbonyl (C=O) groups excluding carboxylic acids is 1. The van der Waals surface area contributed by atoms with Crippen LogP contribution in [0.15, 0.2) is 48.9 Å². The molecule has 0 saturated carbocycles. The van der Waals surface area contributed by atoms with Gasteiger partial charge in [0.1, 0.15) is 5.69 Å². The van der Waals surface area contributed by atoms with E-state index in [1.54, 1.807) is 12.3 Å². The van der Waals surface area contributed by atoms with Crippen LogP contribution in [0.4, 0.5) is 5.69 Å². The maximum atomic E-state index is 11.8. The van der Waals surface area contributed by atoms with Gasteiger partial charge < -0.3 is 4.90 Å². The molecule has 2 rings (SSSR count). The third kappa shape index (κ3) is 3.48. The average Bonchev–Trinajstić information content (AvgIpc) is 2.46. The van der Waals surface area contributed by atoms with Gasteiger partial charge in [-0.1, -0.05) is 18.2 Å². The molecule has 0 spiro atoms. The number of hydrogen-bond acceptors (Lipinski definition) is 4. The van der Waals surface area contributed by atoms with E-state index in [1.807, 2.05) is 43.3 Å². The van der Waals surface area contributed by atoms with Crippen molar-refractivity contribution in [1.29, 1.82) is 0 Å². The van der Waals surface area contributed by atoms with E-state index in [0.717, 1.165) is 11.3 Å². The molecule has 1 aromatic heterocycles. The fourth-order valence-electron chi connectivity index (χ4n) is 1.57. The standard InChI is InChI=1S/C15H15N3O/c1-18(2)13-6-3-12(4-7-13)5-8-15(19)14-11-16-9-10-17-14/h3-11H,1-2H3/b8-5+. The summed E-state index contributed by atoms with van der Waals surface area (Å²) < 4.78 is 0. The summed E-state index contributed by atoms with van der Waals surface area (Å²) in [5.41, 5.74) is 2.45. The summed E-state index contributed by atoms with van der Waals surface area (Å²) in [5, 5.41) is 0. The molecule has 2 aromatic rings. The van der Waals surface area contributed by atoms with Gasteiger partial charge in [0.25, 0.3) is 0 Å². The first-order valence-corrected chi connectivity index (χ1v) is 5.92. The molecule has 1 aromatic carbocycles. The average molecular weight is 253 g/mol. The number of allylic oxidation sites excluding steroid dienone is 1. The van der Waals surface area contributed by atoms with Crippen LogP contribution in [0.2, 0.25) is 0 Å². The van der Waals surface area contributed by atoms with E-state index in [4.69, 9.17) is 0 Å². The molecule has 0 fully saturated rings. The molecule has 19 heavy (non-hydrogen) atoms. The molecule has 0 amide bonds. The van der Waals surface area contributed by atoms with E-state index < -0.39 is 0 Å². The van der Waals surface area contributed by atoms with Gasteiger partial charge in [0, 0.05) is 32.2 Å². The maximum absolute atomic E-state index is 11.8. The lowest BCUT2D eigenvalue weighted by atomic mass is 10.1. The van der Waals surface area contributed by atoms with Crippen molar-refractivity contribution in [2.75, 3.05) is 19.0 Å². The molecule has 4 nitrogen and oxygen atoms in total. The lowest BCUT2D eigenvalue weighted by Gasteiger charge is -2.11. The third-order valence-corrected chi connectivity index (χ3v) is 2.65. The minimum Gasteiger partial charge on any atom is -0.378 e. The van der Waals surface area contributed by atoms with Crippen LogP contribution in [0.25, 0.3) is 6.08 Å². The van der Waals surface area contributed by atoms with Crippen LogP contribution in [0, 0.1) is 0 Å². The Kier molecular flexibility index (Phi) is 4.03. The highest BCUT2D eigenvalue weighted by Crippen LogP contribution is 2.13. The predicted octanol–water partition coefficient (Wildman–Crippen LogP) is 2.44. The second-order valence-electron chi connectivity index (χ2n) is 4.27. The zero-order chi connectivity index (χ0) is 13.7. The van der Waals surface area contributed by atoms with Crippen molar-refractivity contribution >= 4 is 17.5 Å². The first kappa shape index (κ1) is 13.0. The molecule has 96 valence electrons. The largest absolute Gasteiger partial charge is 0.378 e. The smallest absolute Gasteiger partial charge is 0.205 e. The molecule has 1 heterocycles. The Morgan fingerprint density at radius 1 is 1.16 bits per heavy atom. The van der Waals surface area contributed by atoms with E-state index in [0.29, 0.717) is 5.69 Å². The molecule has 0 atom stereocenters. The van der Waals surface area contributed by atoms with Crippen molar-refractivity contribution in [2.24, 2.45) is 0 Å². The fourth-order valence-corrected chi connectivity index (χ4v) is 1.57. The summed E-state index contributed by atoms with van der Waals surface area (Å²) in [5.74, 6) is -0.148. The molecule has 4 heteroatoms. The Hall–Kier alpha value is -2.49. The molecular formula is C15H15N3O. The first-order valence-electron chi connectivity index (χ1n) is 5.92. The van der Waals surface area contributed by atoms with Crippen molar-refractivity contribution in [3.05, 3.63) is 60.2 Å². The summed E-state index contributed by atoms with van der Waals surface area (Å²) in [7, 11) is 3.98. The van der Waals surface area contributed by atoms with Gasteiger partial charge in [-0.15, -0.1) is 0 Å². The van der Waals surface area contributed by atoms with E-state index in [9.17, 15) is 4.79 Å². The Balaban J connectivity index is 2.08. The summed E-state index contributed by atoms with van der Waals surface area (Å²) in [6.45, 7) is 0. The van der Waals surface area contributed by atoms with Crippen molar-refractivity contribution < 1.29 is 4.79 Å². The minimum atomic E-state index is -0.148. The van der Waals surface area contributed by atoms with Gasteiger partial charge in [-0.3, -0.25) is 9.78 Å². The zero-order valence-electron chi connectivity index (χ0n) is 10.9. The molecule has 0 aliphatic carbocycles. The normalized spacial score (nSPS) is 10.6. The highest BCUT2D eigenvalue weighted by atomic mass is 16.1. The first-order chi connectivity index (χ1) is 9.16. The number of carbonyl (C=O) groups is 1. The number of rotatable bonds is 4. The van der Waals surface area contributed by atoms with Crippen LogP contribution < -0.4 is 4.90 Å². The van der Waals surface area contributed by atoms with E-state index >= 15 is 0 Å². The SMILES string of the molecule is CN(C)c1ccc(/C=C/C(=O)c2cnccn2)cc1. The molecular weight excluding hydrogens is 238 g/mol. The van der Waals surface area contributed by atoms with Gasteiger partial charge in [0.05, 0.1) is 6.20 Å². The number of benzene rings is 1. The van der Waals surface area contributed by atoms with Gasteiger partial charge in [-0.05, 0) is 23.8 Å². The van der Waals surface area contributed by atoms with Gasteiger partial charge in [-0.2, -0.15) is 0 Å². The maximum Gasteiger partial charge on any atom is 0.205 e. The monoisotopic (exact) mass is 253 g/mol. The molecule has 0 radical (unpaired) electrons. The Morgan fingerprint density at radius 2 is 1.89 bits per heavy atom. The Bertz CT molecular complexity index is 574. The lowest BCUT2D eigenvalue weighted by Crippen LogP contribution is -2.07. The van der Waals surface area contributed by atoms with Crippen LogP contribution in [-0.2, 0) is 0 Å². The number of nitrogens with zero attached hydrogens (tertiary/aromatic N) is 3. The summed E-state index contributed by atoms with van der Waals surface area (Å²) in [6, 6.07) is 7.95. The predicted molar refractivity (Wildman–Crippen MR) is 76.2 cm³/mol. The van der Waals surface area contributed by atoms with Crippen molar-refractivity contribution in [3.63, 3.8) is 0 Å². The molecule has 0 bridgehead atoms. The molecule has 0 aliphatic heterocycles. The highest BCUT2D eigenvalue weighted by Gasteiger charge is 2.02. The van der Waals surface area contributed by atoms with Crippen LogP contribution in [0.3, 0.4) is 0 Å². The van der Waals surface area contributed by atoms with E-state index in [2.05, 4.69) is 9.97 Å². The van der Waals surface area contributed by atoms with E-state index in [1.165, 1.54) is 18.5 Å². The second-order valence-corrected chi connectivity index (χ2v) is 4.27. The van der Waals surface area contributed by atoms with Gasteiger partial charge in [0.2, 0.25) is 5.78 Å². The van der Waals surface area contributed by atoms with E-state index in [-0.39, 0.29) is 5.78 Å². The van der Waals surface area contributed by atoms with Crippen molar-refractivity contribution in [1.82, 2.24) is 9.97 Å². The number of aromatic nitrogens is 2. The van der Waals surface area contributed by atoms with Crippen LogP contribution in [0.5, 0.6) is 0 Å². The molecule has 0 unspecified atom stereocenters. The van der Waals surface area contributed by atoms with Crippen molar-refractivity contribution in [3.8, 4) is 0 Å². The molecule has 0 saturated heterocycles. The number of hydrogen-bond donors (Lipinski definition) is 0. The third-order valence-electron chi connectivity index (χ3n) is 2.65. The van der Waals surface area contributed by atoms with Gasteiger partial charge in [-0.25, -0.2) is 4.98 Å². The topological polar surface area (TPSA) is 46.1 Å². The zero-order valence-corrected chi connectivity index (χ0v) is 10.9. The summed E-state index contributed by atoms with van der Waals surface area (Å²) in [6.07, 6.45) is 7.79. The van der Waals surface area contributed by atoms with Crippen LogP contribution in [-0.4, -0.2) is 29.8 Å². The second kappa shape index (κ2) is 5.91. The van der Waals surface area contributed by atoms with Gasteiger partial charge >= 0.3 is 0 Å². The highest BCUT2D eigenvalue weighted by molar-refractivity contribution is 6.05. The number of anilines is 1. The Morgan fingerprint density at radius 3 is 2.47 bits per heavy atom. The quantitative estimate of drug-likeness (QED) is 0.620. The molecule has 0 N–H and O–H groups in total.